The van der Waals surface area contributed by atoms with Crippen LogP contribution in [0, 0.1) is 5.41 Å². The number of hydrogen-bond acceptors (Lipinski definition) is 3. The third kappa shape index (κ3) is 5.74. The molecule has 1 aromatic rings. The van der Waals surface area contributed by atoms with E-state index in [-0.39, 0.29) is 5.41 Å². The number of carboxylic acid groups (broad SMARTS) is 1. The summed E-state index contributed by atoms with van der Waals surface area (Å²) in [5, 5.41) is 8.74. The Balaban J connectivity index is 2.26. The summed E-state index contributed by atoms with van der Waals surface area (Å²) in [7, 11) is 0. The number of hydrogen-bond donors (Lipinski definition) is 1. The van der Waals surface area contributed by atoms with E-state index in [2.05, 4.69) is 49.0 Å². The predicted molar refractivity (Wildman–Crippen MR) is 115 cm³/mol. The van der Waals surface area contributed by atoms with Crippen LogP contribution in [-0.2, 0) is 4.79 Å². The van der Waals surface area contributed by atoms with Crippen molar-refractivity contribution in [2.45, 2.75) is 41.0 Å². The van der Waals surface area contributed by atoms with Gasteiger partial charge in [-0.05, 0) is 54.9 Å². The Morgan fingerprint density at radius 2 is 1.82 bits per heavy atom. The molecule has 28 heavy (non-hydrogen) atoms. The molecule has 0 bridgehead atoms. The SMILES string of the molecule is CC1=C(/C=C/C(C)=C/C=C/C(C)=C\C(=O)O)C(C)(C)CC=C1c1cncnc1. The Labute approximate surface area is 167 Å². The Bertz CT molecular complexity index is 911. The number of carbonyl (C=O) groups is 1. The topological polar surface area (TPSA) is 63.1 Å². The molecule has 1 N–H and O–H groups in total. The monoisotopic (exact) mass is 376 g/mol. The molecule has 0 aromatic carbocycles. The van der Waals surface area contributed by atoms with Gasteiger partial charge in [-0.25, -0.2) is 14.8 Å². The lowest BCUT2D eigenvalue weighted by molar-refractivity contribution is -0.131. The molecule has 1 aliphatic carbocycles. The zero-order valence-electron chi connectivity index (χ0n) is 17.2. The Morgan fingerprint density at radius 1 is 1.14 bits per heavy atom. The second kappa shape index (κ2) is 9.27. The molecular weight excluding hydrogens is 348 g/mol. The lowest BCUT2D eigenvalue weighted by Crippen LogP contribution is -2.18. The van der Waals surface area contributed by atoms with Gasteiger partial charge in [0.2, 0.25) is 0 Å². The van der Waals surface area contributed by atoms with Crippen molar-refractivity contribution in [1.82, 2.24) is 9.97 Å². The molecule has 0 fully saturated rings. The Morgan fingerprint density at radius 3 is 2.46 bits per heavy atom. The van der Waals surface area contributed by atoms with Crippen LogP contribution < -0.4 is 0 Å². The highest BCUT2D eigenvalue weighted by Gasteiger charge is 2.27. The number of rotatable bonds is 6. The van der Waals surface area contributed by atoms with E-state index >= 15 is 0 Å². The summed E-state index contributed by atoms with van der Waals surface area (Å²) >= 11 is 0. The van der Waals surface area contributed by atoms with Gasteiger partial charge in [-0.3, -0.25) is 0 Å². The normalized spacial score (nSPS) is 18.1. The van der Waals surface area contributed by atoms with E-state index in [1.807, 2.05) is 31.5 Å². The molecule has 0 spiro atoms. The van der Waals surface area contributed by atoms with Crippen molar-refractivity contribution in [3.05, 3.63) is 89.1 Å². The first-order chi connectivity index (χ1) is 13.2. The van der Waals surface area contributed by atoms with Crippen molar-refractivity contribution in [3.8, 4) is 0 Å². The third-order valence-corrected chi connectivity index (χ3v) is 4.81. The molecule has 1 aromatic heterocycles. The van der Waals surface area contributed by atoms with Crippen molar-refractivity contribution in [2.24, 2.45) is 5.41 Å². The van der Waals surface area contributed by atoms with Crippen LogP contribution in [0.15, 0.2) is 83.5 Å². The Hall–Kier alpha value is -3.01. The molecule has 4 heteroatoms. The van der Waals surface area contributed by atoms with Crippen LogP contribution in [-0.4, -0.2) is 21.0 Å². The number of nitrogens with zero attached hydrogens (tertiary/aromatic N) is 2. The minimum absolute atomic E-state index is 0.0522. The lowest BCUT2D eigenvalue weighted by atomic mass is 9.72. The molecule has 1 heterocycles. The van der Waals surface area contributed by atoms with E-state index in [1.54, 1.807) is 19.3 Å². The van der Waals surface area contributed by atoms with Gasteiger partial charge in [-0.1, -0.05) is 55.9 Å². The smallest absolute Gasteiger partial charge is 0.328 e. The van der Waals surface area contributed by atoms with Gasteiger partial charge in [-0.15, -0.1) is 0 Å². The summed E-state index contributed by atoms with van der Waals surface area (Å²) in [4.78, 5) is 18.9. The van der Waals surface area contributed by atoms with E-state index in [0.29, 0.717) is 5.57 Å². The molecule has 0 unspecified atom stereocenters. The van der Waals surface area contributed by atoms with Crippen molar-refractivity contribution in [2.75, 3.05) is 0 Å². The Kier molecular flexibility index (Phi) is 7.05. The van der Waals surface area contributed by atoms with Gasteiger partial charge >= 0.3 is 5.97 Å². The zero-order chi connectivity index (χ0) is 20.7. The predicted octanol–water partition coefficient (Wildman–Crippen LogP) is 5.70. The second-order valence-electron chi connectivity index (χ2n) is 7.70. The summed E-state index contributed by atoms with van der Waals surface area (Å²) in [6.45, 7) is 10.5. The van der Waals surface area contributed by atoms with Crippen LogP contribution in [0.1, 0.15) is 46.6 Å². The summed E-state index contributed by atoms with van der Waals surface area (Å²) in [6, 6.07) is 0. The maximum absolute atomic E-state index is 10.7. The van der Waals surface area contributed by atoms with Crippen LogP contribution in [0.2, 0.25) is 0 Å². The number of aromatic nitrogens is 2. The van der Waals surface area contributed by atoms with E-state index < -0.39 is 5.97 Å². The molecule has 4 nitrogen and oxygen atoms in total. The van der Waals surface area contributed by atoms with Gasteiger partial charge < -0.3 is 5.11 Å². The van der Waals surface area contributed by atoms with E-state index in [9.17, 15) is 4.79 Å². The average Bonchev–Trinajstić information content (AvgIpc) is 2.61. The van der Waals surface area contributed by atoms with Crippen LogP contribution in [0.5, 0.6) is 0 Å². The standard InChI is InChI=1S/C24H28N2O2/c1-17(7-6-8-18(2)13-23(27)28)9-10-22-19(3)21(11-12-24(22,4)5)20-14-25-16-26-15-20/h6-11,13-16H,12H2,1-5H3,(H,27,28)/b8-6+,10-9+,17-7+,18-13-. The molecule has 0 radical (unpaired) electrons. The number of carboxylic acids is 1. The summed E-state index contributed by atoms with van der Waals surface area (Å²) in [5.41, 5.74) is 6.62. The second-order valence-corrected chi connectivity index (χ2v) is 7.70. The van der Waals surface area contributed by atoms with Crippen molar-refractivity contribution in [1.29, 1.82) is 0 Å². The fourth-order valence-electron chi connectivity index (χ4n) is 3.26. The highest BCUT2D eigenvalue weighted by molar-refractivity contribution is 5.81. The van der Waals surface area contributed by atoms with Gasteiger partial charge in [0, 0.05) is 24.0 Å². The highest BCUT2D eigenvalue weighted by Crippen LogP contribution is 2.43. The van der Waals surface area contributed by atoms with Crippen molar-refractivity contribution < 1.29 is 9.90 Å². The summed E-state index contributed by atoms with van der Waals surface area (Å²) in [6.07, 6.45) is 19.6. The number of allylic oxidation sites excluding steroid dienone is 11. The molecular formula is C24H28N2O2. The van der Waals surface area contributed by atoms with Gasteiger partial charge in [0.25, 0.3) is 0 Å². The molecule has 0 saturated heterocycles. The first-order valence-electron chi connectivity index (χ1n) is 9.32. The molecule has 2 rings (SSSR count). The molecule has 146 valence electrons. The third-order valence-electron chi connectivity index (χ3n) is 4.81. The molecule has 1 aliphatic rings. The first-order valence-corrected chi connectivity index (χ1v) is 9.32. The van der Waals surface area contributed by atoms with Crippen LogP contribution in [0.3, 0.4) is 0 Å². The quantitative estimate of drug-likeness (QED) is 0.511. The van der Waals surface area contributed by atoms with E-state index in [1.165, 1.54) is 22.8 Å². The minimum Gasteiger partial charge on any atom is -0.478 e. The van der Waals surface area contributed by atoms with Gasteiger partial charge in [-0.2, -0.15) is 0 Å². The number of aliphatic carboxylic acids is 1. The highest BCUT2D eigenvalue weighted by atomic mass is 16.4. The summed E-state index contributed by atoms with van der Waals surface area (Å²) < 4.78 is 0. The van der Waals surface area contributed by atoms with E-state index in [4.69, 9.17) is 5.11 Å². The van der Waals surface area contributed by atoms with Crippen LogP contribution >= 0.6 is 0 Å². The van der Waals surface area contributed by atoms with Crippen molar-refractivity contribution >= 4 is 11.5 Å². The summed E-state index contributed by atoms with van der Waals surface area (Å²) in [5.74, 6) is -0.933. The van der Waals surface area contributed by atoms with Gasteiger partial charge in [0.15, 0.2) is 0 Å². The maximum atomic E-state index is 10.7. The molecule has 0 saturated carbocycles. The van der Waals surface area contributed by atoms with Crippen LogP contribution in [0.25, 0.3) is 5.57 Å². The van der Waals surface area contributed by atoms with Crippen LogP contribution in [0.4, 0.5) is 0 Å². The van der Waals surface area contributed by atoms with Crippen molar-refractivity contribution in [3.63, 3.8) is 0 Å². The molecule has 0 aliphatic heterocycles. The average molecular weight is 377 g/mol. The maximum Gasteiger partial charge on any atom is 0.328 e. The van der Waals surface area contributed by atoms with E-state index in [0.717, 1.165) is 17.6 Å². The largest absolute Gasteiger partial charge is 0.478 e. The lowest BCUT2D eigenvalue weighted by Gasteiger charge is -2.32. The zero-order valence-corrected chi connectivity index (χ0v) is 17.2. The molecule has 0 atom stereocenters. The molecule has 0 amide bonds. The van der Waals surface area contributed by atoms with Gasteiger partial charge in [0.05, 0.1) is 0 Å². The van der Waals surface area contributed by atoms with Gasteiger partial charge in [0.1, 0.15) is 6.33 Å². The minimum atomic E-state index is -0.933. The first kappa shape index (κ1) is 21.3. The fourth-order valence-corrected chi connectivity index (χ4v) is 3.26. The fraction of sp³-hybridized carbons (Fsp3) is 0.292.